The minimum atomic E-state index is -0.0320. The minimum absolute atomic E-state index is 0.0132. The summed E-state index contributed by atoms with van der Waals surface area (Å²) >= 11 is 0. The molecule has 0 atom stereocenters. The minimum Gasteiger partial charge on any atom is -0.372 e. The molecule has 1 aliphatic heterocycles. The smallest absolute Gasteiger partial charge is 0.219 e. The number of amides is 1. The van der Waals surface area contributed by atoms with Crippen molar-refractivity contribution in [3.63, 3.8) is 0 Å². The van der Waals surface area contributed by atoms with Gasteiger partial charge in [-0.2, -0.15) is 0 Å². The second kappa shape index (κ2) is 7.97. The normalized spacial score (nSPS) is 14.2. The van der Waals surface area contributed by atoms with Gasteiger partial charge in [-0.25, -0.2) is 0 Å². The molecule has 0 saturated carbocycles. The molecule has 120 valence electrons. The number of ketones is 1. The predicted molar refractivity (Wildman–Crippen MR) is 89.4 cm³/mol. The van der Waals surface area contributed by atoms with Gasteiger partial charge in [-0.05, 0) is 43.5 Å². The Hall–Kier alpha value is -1.84. The van der Waals surface area contributed by atoms with Gasteiger partial charge >= 0.3 is 0 Å². The van der Waals surface area contributed by atoms with Gasteiger partial charge in [0.2, 0.25) is 5.91 Å². The van der Waals surface area contributed by atoms with Gasteiger partial charge in [0.25, 0.3) is 0 Å². The molecular weight excluding hydrogens is 276 g/mol. The van der Waals surface area contributed by atoms with E-state index in [-0.39, 0.29) is 18.2 Å². The third-order valence-corrected chi connectivity index (χ3v) is 4.22. The fourth-order valence-electron chi connectivity index (χ4n) is 2.79. The van der Waals surface area contributed by atoms with Crippen LogP contribution in [0.1, 0.15) is 49.9 Å². The molecule has 0 radical (unpaired) electrons. The van der Waals surface area contributed by atoms with Crippen LogP contribution in [0.25, 0.3) is 0 Å². The van der Waals surface area contributed by atoms with Crippen LogP contribution < -0.4 is 4.90 Å². The van der Waals surface area contributed by atoms with E-state index in [4.69, 9.17) is 0 Å². The lowest BCUT2D eigenvalue weighted by molar-refractivity contribution is -0.128. The number of Topliss-reactive ketones (excluding diaryl/α,β-unsaturated/α-hetero) is 1. The van der Waals surface area contributed by atoms with Crippen molar-refractivity contribution >= 4 is 17.4 Å². The zero-order chi connectivity index (χ0) is 15.9. The number of hydrogen-bond acceptors (Lipinski definition) is 3. The quantitative estimate of drug-likeness (QED) is 0.727. The summed E-state index contributed by atoms with van der Waals surface area (Å²) in [4.78, 5) is 27.9. The summed E-state index contributed by atoms with van der Waals surface area (Å²) in [5.41, 5.74) is 1.87. The Kier molecular flexibility index (Phi) is 5.99. The van der Waals surface area contributed by atoms with Crippen molar-refractivity contribution in [3.8, 4) is 0 Å². The molecule has 4 heteroatoms. The van der Waals surface area contributed by atoms with Gasteiger partial charge in [-0.1, -0.05) is 13.3 Å². The number of carbonyl (C=O) groups is 2. The Morgan fingerprint density at radius 1 is 1.14 bits per heavy atom. The first-order valence-corrected chi connectivity index (χ1v) is 8.25. The highest BCUT2D eigenvalue weighted by Gasteiger charge is 2.16. The van der Waals surface area contributed by atoms with E-state index in [0.717, 1.165) is 25.9 Å². The molecule has 1 aromatic rings. The molecule has 0 unspecified atom stereocenters. The summed E-state index contributed by atoms with van der Waals surface area (Å²) in [5.74, 6) is -0.0187. The van der Waals surface area contributed by atoms with Crippen LogP contribution in [0.3, 0.4) is 0 Å². The van der Waals surface area contributed by atoms with Gasteiger partial charge in [-0.15, -0.1) is 0 Å². The Balaban J connectivity index is 1.97. The first-order valence-electron chi connectivity index (χ1n) is 8.25. The predicted octanol–water partition coefficient (Wildman–Crippen LogP) is 3.12. The van der Waals surface area contributed by atoms with Crippen LogP contribution in [-0.2, 0) is 4.79 Å². The Labute approximate surface area is 133 Å². The molecule has 1 fully saturated rings. The third kappa shape index (κ3) is 4.33. The number of hydrogen-bond donors (Lipinski definition) is 0. The van der Waals surface area contributed by atoms with Gasteiger partial charge < -0.3 is 9.80 Å². The Morgan fingerprint density at radius 2 is 1.77 bits per heavy atom. The number of anilines is 1. The van der Waals surface area contributed by atoms with Crippen molar-refractivity contribution in [2.75, 3.05) is 31.1 Å². The molecule has 1 aromatic carbocycles. The maximum Gasteiger partial charge on any atom is 0.219 e. The molecule has 0 bridgehead atoms. The van der Waals surface area contributed by atoms with Crippen LogP contribution in [0.15, 0.2) is 24.3 Å². The lowest BCUT2D eigenvalue weighted by Crippen LogP contribution is -2.34. The lowest BCUT2D eigenvalue weighted by Gasteiger charge is -2.20. The average Bonchev–Trinajstić information content (AvgIpc) is 3.05. The molecule has 1 heterocycles. The molecule has 1 saturated heterocycles. The van der Waals surface area contributed by atoms with Crippen molar-refractivity contribution < 1.29 is 9.59 Å². The molecule has 0 aromatic heterocycles. The van der Waals surface area contributed by atoms with Crippen molar-refractivity contribution in [1.29, 1.82) is 0 Å². The number of rotatable bonds is 7. The SMILES string of the molecule is CCCCN(CC(=O)c1ccc(N2CCCC2)cc1)C(C)=O. The standard InChI is InChI=1S/C18H26N2O2/c1-3-4-11-20(15(2)21)14-18(22)16-7-9-17(10-8-16)19-12-5-6-13-19/h7-10H,3-6,11-14H2,1-2H3. The Morgan fingerprint density at radius 3 is 2.32 bits per heavy atom. The van der Waals surface area contributed by atoms with Gasteiger partial charge in [-0.3, -0.25) is 9.59 Å². The summed E-state index contributed by atoms with van der Waals surface area (Å²) in [6, 6.07) is 7.80. The van der Waals surface area contributed by atoms with E-state index >= 15 is 0 Å². The van der Waals surface area contributed by atoms with Crippen LogP contribution in [0.4, 0.5) is 5.69 Å². The molecular formula is C18H26N2O2. The average molecular weight is 302 g/mol. The number of carbonyl (C=O) groups excluding carboxylic acids is 2. The highest BCUT2D eigenvalue weighted by molar-refractivity contribution is 5.99. The Bertz CT molecular complexity index is 504. The van der Waals surface area contributed by atoms with Gasteiger partial charge in [0, 0.05) is 37.8 Å². The molecule has 22 heavy (non-hydrogen) atoms. The second-order valence-corrected chi connectivity index (χ2v) is 5.96. The zero-order valence-corrected chi connectivity index (χ0v) is 13.7. The second-order valence-electron chi connectivity index (χ2n) is 5.96. The van der Waals surface area contributed by atoms with Crippen LogP contribution >= 0.6 is 0 Å². The zero-order valence-electron chi connectivity index (χ0n) is 13.7. The fourth-order valence-corrected chi connectivity index (χ4v) is 2.79. The summed E-state index contributed by atoms with van der Waals surface area (Å²) in [7, 11) is 0. The summed E-state index contributed by atoms with van der Waals surface area (Å²) in [6.45, 7) is 6.64. The summed E-state index contributed by atoms with van der Waals surface area (Å²) < 4.78 is 0. The maximum absolute atomic E-state index is 12.3. The van der Waals surface area contributed by atoms with Gasteiger partial charge in [0.15, 0.2) is 5.78 Å². The van der Waals surface area contributed by atoms with E-state index < -0.39 is 0 Å². The van der Waals surface area contributed by atoms with Gasteiger partial charge in [0.1, 0.15) is 0 Å². The number of nitrogens with zero attached hydrogens (tertiary/aromatic N) is 2. The monoisotopic (exact) mass is 302 g/mol. The summed E-state index contributed by atoms with van der Waals surface area (Å²) in [6.07, 6.45) is 4.43. The molecule has 1 amide bonds. The van der Waals surface area contributed by atoms with Crippen molar-refractivity contribution in [3.05, 3.63) is 29.8 Å². The highest BCUT2D eigenvalue weighted by Crippen LogP contribution is 2.20. The van der Waals surface area contributed by atoms with Crippen LogP contribution in [0.5, 0.6) is 0 Å². The van der Waals surface area contributed by atoms with Gasteiger partial charge in [0.05, 0.1) is 6.54 Å². The van der Waals surface area contributed by atoms with E-state index in [1.54, 1.807) is 4.90 Å². The van der Waals surface area contributed by atoms with Crippen molar-refractivity contribution in [2.45, 2.75) is 39.5 Å². The van der Waals surface area contributed by atoms with E-state index in [1.165, 1.54) is 25.5 Å². The molecule has 0 spiro atoms. The largest absolute Gasteiger partial charge is 0.372 e. The summed E-state index contributed by atoms with van der Waals surface area (Å²) in [5, 5.41) is 0. The van der Waals surface area contributed by atoms with E-state index in [0.29, 0.717) is 12.1 Å². The van der Waals surface area contributed by atoms with Crippen molar-refractivity contribution in [1.82, 2.24) is 4.90 Å². The maximum atomic E-state index is 12.3. The van der Waals surface area contributed by atoms with E-state index in [9.17, 15) is 9.59 Å². The van der Waals surface area contributed by atoms with Crippen LogP contribution in [0.2, 0.25) is 0 Å². The molecule has 0 aliphatic carbocycles. The molecule has 2 rings (SSSR count). The van der Waals surface area contributed by atoms with Crippen molar-refractivity contribution in [2.24, 2.45) is 0 Å². The third-order valence-electron chi connectivity index (χ3n) is 4.22. The first kappa shape index (κ1) is 16.5. The molecule has 4 nitrogen and oxygen atoms in total. The first-order chi connectivity index (χ1) is 10.6. The topological polar surface area (TPSA) is 40.6 Å². The number of unbranched alkanes of at least 4 members (excludes halogenated alkanes) is 1. The van der Waals surface area contributed by atoms with E-state index in [1.807, 2.05) is 24.3 Å². The fraction of sp³-hybridized carbons (Fsp3) is 0.556. The highest BCUT2D eigenvalue weighted by atomic mass is 16.2. The number of benzene rings is 1. The van der Waals surface area contributed by atoms with Crippen LogP contribution in [-0.4, -0.2) is 42.8 Å². The lowest BCUT2D eigenvalue weighted by atomic mass is 10.1. The van der Waals surface area contributed by atoms with Crippen LogP contribution in [0, 0.1) is 0 Å². The van der Waals surface area contributed by atoms with E-state index in [2.05, 4.69) is 11.8 Å². The molecule has 0 N–H and O–H groups in total. The molecule has 1 aliphatic rings.